The molecule has 0 aliphatic rings. The van der Waals surface area contributed by atoms with Crippen molar-refractivity contribution in [1.82, 2.24) is 4.57 Å². The van der Waals surface area contributed by atoms with Gasteiger partial charge in [-0.25, -0.2) is 13.6 Å². The summed E-state index contributed by atoms with van der Waals surface area (Å²) < 4.78 is 25.0. The lowest BCUT2D eigenvalue weighted by atomic mass is 10.2. The number of nitrogens with zero attached hydrogens (tertiary/aromatic N) is 3. The minimum atomic E-state index is -3.94. The SMILES string of the molecule is CCn1c(O)c(N=NC(=S)Nc2ccccc2S(N)(=O)=O)c2cc(Cl)ccc21. The lowest BCUT2D eigenvalue weighted by Crippen LogP contribution is -2.16. The normalized spacial score (nSPS) is 12.0. The summed E-state index contributed by atoms with van der Waals surface area (Å²) in [5.41, 5.74) is 1.14. The van der Waals surface area contributed by atoms with Crippen LogP contribution < -0.4 is 10.5 Å². The monoisotopic (exact) mass is 437 g/mol. The summed E-state index contributed by atoms with van der Waals surface area (Å²) in [7, 11) is -3.94. The van der Waals surface area contributed by atoms with Crippen molar-refractivity contribution in [3.05, 3.63) is 47.5 Å². The Morgan fingerprint density at radius 1 is 1.32 bits per heavy atom. The number of thiocarbonyl (C=S) groups is 1. The van der Waals surface area contributed by atoms with E-state index < -0.39 is 10.0 Å². The van der Waals surface area contributed by atoms with Crippen LogP contribution in [0.4, 0.5) is 11.4 Å². The predicted molar refractivity (Wildman–Crippen MR) is 113 cm³/mol. The number of aromatic nitrogens is 1. The number of anilines is 1. The molecule has 0 amide bonds. The van der Waals surface area contributed by atoms with Crippen LogP contribution in [0.15, 0.2) is 57.6 Å². The van der Waals surface area contributed by atoms with Crippen LogP contribution >= 0.6 is 23.8 Å². The van der Waals surface area contributed by atoms with E-state index in [2.05, 4.69) is 15.5 Å². The second kappa shape index (κ2) is 7.84. The first-order valence-electron chi connectivity index (χ1n) is 8.07. The van der Waals surface area contributed by atoms with Gasteiger partial charge in [0.1, 0.15) is 4.90 Å². The highest BCUT2D eigenvalue weighted by molar-refractivity contribution is 7.89. The van der Waals surface area contributed by atoms with Crippen molar-refractivity contribution in [3.63, 3.8) is 0 Å². The van der Waals surface area contributed by atoms with Crippen molar-refractivity contribution < 1.29 is 13.5 Å². The van der Waals surface area contributed by atoms with Gasteiger partial charge in [0.05, 0.1) is 11.2 Å². The number of benzene rings is 2. The Labute approximate surface area is 171 Å². The molecular formula is C17H16ClN5O3S2. The number of primary sulfonamides is 1. The van der Waals surface area contributed by atoms with Gasteiger partial charge in [0, 0.05) is 17.0 Å². The number of para-hydroxylation sites is 1. The molecule has 1 heterocycles. The lowest BCUT2D eigenvalue weighted by molar-refractivity contribution is 0.427. The quantitative estimate of drug-likeness (QED) is 0.418. The summed E-state index contributed by atoms with van der Waals surface area (Å²) in [6.07, 6.45) is 0. The first-order chi connectivity index (χ1) is 13.2. The fraction of sp³-hybridized carbons (Fsp3) is 0.118. The largest absolute Gasteiger partial charge is 0.493 e. The van der Waals surface area contributed by atoms with Crippen molar-refractivity contribution in [1.29, 1.82) is 0 Å². The summed E-state index contributed by atoms with van der Waals surface area (Å²) in [6, 6.07) is 11.2. The molecule has 146 valence electrons. The number of nitrogens with one attached hydrogen (secondary N) is 1. The molecule has 3 aromatic rings. The van der Waals surface area contributed by atoms with Crippen LogP contribution in [0.5, 0.6) is 5.88 Å². The third-order valence-corrected chi connectivity index (χ3v) is 5.35. The van der Waals surface area contributed by atoms with Gasteiger partial charge in [0.2, 0.25) is 21.0 Å². The van der Waals surface area contributed by atoms with Crippen LogP contribution in [0.2, 0.25) is 5.02 Å². The van der Waals surface area contributed by atoms with Crippen LogP contribution in [0.25, 0.3) is 10.9 Å². The van der Waals surface area contributed by atoms with E-state index in [1.54, 1.807) is 28.8 Å². The number of hydrogen-bond donors (Lipinski definition) is 3. The van der Waals surface area contributed by atoms with E-state index in [0.717, 1.165) is 5.52 Å². The molecule has 0 atom stereocenters. The van der Waals surface area contributed by atoms with Gasteiger partial charge in [0.15, 0.2) is 5.69 Å². The average molecular weight is 438 g/mol. The summed E-state index contributed by atoms with van der Waals surface area (Å²) in [5.74, 6) is -0.0729. The Morgan fingerprint density at radius 3 is 2.71 bits per heavy atom. The predicted octanol–water partition coefficient (Wildman–Crippen LogP) is 4.15. The van der Waals surface area contributed by atoms with Gasteiger partial charge in [-0.05, 0) is 49.5 Å². The van der Waals surface area contributed by atoms with Gasteiger partial charge < -0.3 is 15.0 Å². The third kappa shape index (κ3) is 3.99. The van der Waals surface area contributed by atoms with Gasteiger partial charge in [-0.2, -0.15) is 0 Å². The Kier molecular flexibility index (Phi) is 5.66. The van der Waals surface area contributed by atoms with Gasteiger partial charge in [-0.3, -0.25) is 0 Å². The van der Waals surface area contributed by atoms with Crippen molar-refractivity contribution in [3.8, 4) is 5.88 Å². The number of halogens is 1. The molecule has 0 unspecified atom stereocenters. The molecular weight excluding hydrogens is 422 g/mol. The zero-order chi connectivity index (χ0) is 20.5. The smallest absolute Gasteiger partial charge is 0.240 e. The van der Waals surface area contributed by atoms with Crippen molar-refractivity contribution in [2.45, 2.75) is 18.4 Å². The number of aryl methyl sites for hydroxylation is 1. The van der Waals surface area contributed by atoms with Gasteiger partial charge in [-0.1, -0.05) is 23.7 Å². The number of azo groups is 1. The van der Waals surface area contributed by atoms with Gasteiger partial charge in [0.25, 0.3) is 0 Å². The lowest BCUT2D eigenvalue weighted by Gasteiger charge is -2.08. The molecule has 11 heteroatoms. The summed E-state index contributed by atoms with van der Waals surface area (Å²) >= 11 is 11.2. The molecule has 0 saturated carbocycles. The van der Waals surface area contributed by atoms with Crippen molar-refractivity contribution >= 4 is 61.2 Å². The molecule has 3 rings (SSSR count). The first kappa shape index (κ1) is 20.2. The molecule has 0 bridgehead atoms. The first-order valence-corrected chi connectivity index (χ1v) is 10.4. The molecule has 0 saturated heterocycles. The molecule has 4 N–H and O–H groups in total. The molecule has 8 nitrogen and oxygen atoms in total. The van der Waals surface area contributed by atoms with Crippen LogP contribution in [0.3, 0.4) is 0 Å². The Balaban J connectivity index is 1.94. The molecule has 0 aliphatic heterocycles. The van der Waals surface area contributed by atoms with E-state index >= 15 is 0 Å². The minimum absolute atomic E-state index is 0.0729. The molecule has 28 heavy (non-hydrogen) atoms. The van der Waals surface area contributed by atoms with Gasteiger partial charge in [-0.15, -0.1) is 10.2 Å². The molecule has 0 radical (unpaired) electrons. The summed E-state index contributed by atoms with van der Waals surface area (Å²) in [6.45, 7) is 2.40. The fourth-order valence-corrected chi connectivity index (χ4v) is 3.78. The number of sulfonamides is 1. The van der Waals surface area contributed by atoms with E-state index in [4.69, 9.17) is 29.0 Å². The zero-order valence-electron chi connectivity index (χ0n) is 14.6. The Bertz CT molecular complexity index is 1200. The van der Waals surface area contributed by atoms with Gasteiger partial charge >= 0.3 is 0 Å². The number of hydrogen-bond acceptors (Lipinski definition) is 5. The minimum Gasteiger partial charge on any atom is -0.493 e. The van der Waals surface area contributed by atoms with Crippen LogP contribution in [-0.2, 0) is 16.6 Å². The molecule has 0 aliphatic carbocycles. The van der Waals surface area contributed by atoms with E-state index in [9.17, 15) is 13.5 Å². The molecule has 2 aromatic carbocycles. The zero-order valence-corrected chi connectivity index (χ0v) is 17.0. The van der Waals surface area contributed by atoms with E-state index in [1.807, 2.05) is 6.92 Å². The molecule has 0 fully saturated rings. The number of aromatic hydroxyl groups is 1. The van der Waals surface area contributed by atoms with Crippen molar-refractivity contribution in [2.75, 3.05) is 5.32 Å². The highest BCUT2D eigenvalue weighted by Gasteiger charge is 2.17. The maximum Gasteiger partial charge on any atom is 0.240 e. The van der Waals surface area contributed by atoms with E-state index in [1.165, 1.54) is 18.2 Å². The standard InChI is InChI=1S/C17H16ClN5O3S2/c1-2-23-13-8-7-10(18)9-11(13)15(16(23)24)21-22-17(27)20-12-5-3-4-6-14(12)28(19,25)26/h3-9,24H,2H2,1H3,(H,20,27)(H2,19,25,26). The topological polar surface area (TPSA) is 122 Å². The highest BCUT2D eigenvalue weighted by atomic mass is 35.5. The highest BCUT2D eigenvalue weighted by Crippen LogP contribution is 2.40. The number of fused-ring (bicyclic) bond motifs is 1. The number of nitrogens with two attached hydrogens (primary N) is 1. The van der Waals surface area contributed by atoms with Crippen LogP contribution in [0.1, 0.15) is 6.92 Å². The van der Waals surface area contributed by atoms with Crippen LogP contribution in [0, 0.1) is 0 Å². The third-order valence-electron chi connectivity index (χ3n) is 3.96. The second-order valence-corrected chi connectivity index (χ2v) is 8.10. The average Bonchev–Trinajstić information content (AvgIpc) is 2.89. The summed E-state index contributed by atoms with van der Waals surface area (Å²) in [4.78, 5) is -0.121. The Morgan fingerprint density at radius 2 is 2.04 bits per heavy atom. The summed E-state index contributed by atoms with van der Waals surface area (Å²) in [5, 5.41) is 27.3. The second-order valence-electron chi connectivity index (χ2n) is 5.75. The molecule has 0 spiro atoms. The fourth-order valence-electron chi connectivity index (χ4n) is 2.77. The van der Waals surface area contributed by atoms with E-state index in [0.29, 0.717) is 17.0 Å². The van der Waals surface area contributed by atoms with E-state index in [-0.39, 0.29) is 27.3 Å². The maximum absolute atomic E-state index is 11.7. The maximum atomic E-state index is 11.7. The van der Waals surface area contributed by atoms with Crippen LogP contribution in [-0.4, -0.2) is 23.2 Å². The Hall–Kier alpha value is -2.53. The van der Waals surface area contributed by atoms with Crippen molar-refractivity contribution in [2.24, 2.45) is 15.4 Å². The molecule has 1 aromatic heterocycles. The number of rotatable bonds is 4.